The Morgan fingerprint density at radius 1 is 1.20 bits per heavy atom. The minimum atomic E-state index is 0.597. The molecule has 0 spiro atoms. The van der Waals surface area contributed by atoms with E-state index in [1.807, 2.05) is 12.1 Å². The van der Waals surface area contributed by atoms with Gasteiger partial charge >= 0.3 is 0 Å². The second-order valence-electron chi connectivity index (χ2n) is 5.17. The van der Waals surface area contributed by atoms with Crippen LogP contribution >= 0.6 is 0 Å². The third-order valence-corrected chi connectivity index (χ3v) is 2.85. The molecule has 0 radical (unpaired) electrons. The smallest absolute Gasteiger partial charge is 0.191 e. The summed E-state index contributed by atoms with van der Waals surface area (Å²) in [4.78, 5) is 4.64. The van der Waals surface area contributed by atoms with Crippen LogP contribution in [0.15, 0.2) is 29.3 Å². The van der Waals surface area contributed by atoms with Crippen LogP contribution in [-0.2, 0) is 17.9 Å². The lowest BCUT2D eigenvalue weighted by Crippen LogP contribution is -2.39. The van der Waals surface area contributed by atoms with E-state index in [4.69, 9.17) is 4.74 Å². The second kappa shape index (κ2) is 9.37. The van der Waals surface area contributed by atoms with Gasteiger partial charge in [-0.15, -0.1) is 0 Å². The van der Waals surface area contributed by atoms with Crippen molar-refractivity contribution in [2.45, 2.75) is 33.9 Å². The highest BCUT2D eigenvalue weighted by Gasteiger charge is 2.02. The first-order valence-electron chi connectivity index (χ1n) is 7.25. The van der Waals surface area contributed by atoms with Crippen LogP contribution in [-0.4, -0.2) is 26.2 Å². The number of benzene rings is 1. The molecule has 0 bridgehead atoms. The molecular weight excluding hydrogens is 250 g/mol. The fourth-order valence-corrected chi connectivity index (χ4v) is 1.81. The van der Waals surface area contributed by atoms with Crippen LogP contribution < -0.4 is 10.6 Å². The normalized spacial score (nSPS) is 11.8. The van der Waals surface area contributed by atoms with E-state index in [0.717, 1.165) is 19.0 Å². The summed E-state index contributed by atoms with van der Waals surface area (Å²) in [6.45, 7) is 9.52. The van der Waals surface area contributed by atoms with E-state index in [-0.39, 0.29) is 0 Å². The van der Waals surface area contributed by atoms with E-state index in [2.05, 4.69) is 48.5 Å². The van der Waals surface area contributed by atoms with Gasteiger partial charge in [-0.1, -0.05) is 38.1 Å². The second-order valence-corrected chi connectivity index (χ2v) is 5.17. The van der Waals surface area contributed by atoms with Gasteiger partial charge in [0.15, 0.2) is 5.96 Å². The van der Waals surface area contributed by atoms with Gasteiger partial charge in [-0.3, -0.25) is 0 Å². The number of guanidine groups is 1. The molecule has 0 aliphatic heterocycles. The summed E-state index contributed by atoms with van der Waals surface area (Å²) < 4.78 is 5.22. The average molecular weight is 277 g/mol. The molecule has 0 amide bonds. The van der Waals surface area contributed by atoms with Crippen molar-refractivity contribution in [2.24, 2.45) is 10.9 Å². The molecule has 2 N–H and O–H groups in total. The molecule has 0 unspecified atom stereocenters. The molecule has 0 atom stereocenters. The predicted octanol–water partition coefficient (Wildman–Crippen LogP) is 2.54. The Bertz CT molecular complexity index is 416. The quantitative estimate of drug-likeness (QED) is 0.595. The van der Waals surface area contributed by atoms with Gasteiger partial charge in [-0.25, -0.2) is 4.99 Å². The van der Waals surface area contributed by atoms with E-state index in [0.29, 0.717) is 19.1 Å². The first-order valence-corrected chi connectivity index (χ1v) is 7.25. The van der Waals surface area contributed by atoms with Gasteiger partial charge in [0.2, 0.25) is 0 Å². The van der Waals surface area contributed by atoms with E-state index >= 15 is 0 Å². The Labute approximate surface area is 122 Å². The minimum absolute atomic E-state index is 0.597. The Kier molecular flexibility index (Phi) is 7.73. The largest absolute Gasteiger partial charge is 0.380 e. The summed E-state index contributed by atoms with van der Waals surface area (Å²) in [6.07, 6.45) is 0. The van der Waals surface area contributed by atoms with Crippen molar-refractivity contribution in [3.8, 4) is 0 Å². The van der Waals surface area contributed by atoms with Crippen LogP contribution in [0.3, 0.4) is 0 Å². The molecule has 4 heteroatoms. The summed E-state index contributed by atoms with van der Waals surface area (Å²) in [5.41, 5.74) is 2.40. The Balaban J connectivity index is 2.70. The monoisotopic (exact) mass is 277 g/mol. The van der Waals surface area contributed by atoms with Gasteiger partial charge in [0.05, 0.1) is 13.2 Å². The summed E-state index contributed by atoms with van der Waals surface area (Å²) in [5, 5.41) is 6.62. The van der Waals surface area contributed by atoms with Crippen LogP contribution in [0, 0.1) is 5.92 Å². The Morgan fingerprint density at radius 3 is 2.50 bits per heavy atom. The fourth-order valence-electron chi connectivity index (χ4n) is 1.81. The Hall–Kier alpha value is -1.55. The van der Waals surface area contributed by atoms with E-state index < -0.39 is 0 Å². The minimum Gasteiger partial charge on any atom is -0.380 e. The van der Waals surface area contributed by atoms with Crippen molar-refractivity contribution >= 4 is 5.96 Å². The number of hydrogen-bond donors (Lipinski definition) is 2. The predicted molar refractivity (Wildman–Crippen MR) is 84.8 cm³/mol. The van der Waals surface area contributed by atoms with Crippen molar-refractivity contribution in [1.82, 2.24) is 10.6 Å². The third kappa shape index (κ3) is 6.06. The first-order chi connectivity index (χ1) is 9.67. The molecule has 0 fully saturated rings. The zero-order valence-electron chi connectivity index (χ0n) is 13.1. The summed E-state index contributed by atoms with van der Waals surface area (Å²) >= 11 is 0. The number of rotatable bonds is 7. The average Bonchev–Trinajstić information content (AvgIpc) is 2.43. The highest BCUT2D eigenvalue weighted by atomic mass is 16.5. The third-order valence-electron chi connectivity index (χ3n) is 2.85. The van der Waals surface area contributed by atoms with Gasteiger partial charge in [-0.05, 0) is 24.0 Å². The zero-order chi connectivity index (χ0) is 14.8. The number of ether oxygens (including phenoxy) is 1. The van der Waals surface area contributed by atoms with Gasteiger partial charge in [0, 0.05) is 20.2 Å². The number of methoxy groups -OCH3 is 1. The van der Waals surface area contributed by atoms with Crippen molar-refractivity contribution in [1.29, 1.82) is 0 Å². The van der Waals surface area contributed by atoms with Crippen molar-refractivity contribution in [3.63, 3.8) is 0 Å². The van der Waals surface area contributed by atoms with Crippen LogP contribution in [0.25, 0.3) is 0 Å². The maximum atomic E-state index is 5.22. The summed E-state index contributed by atoms with van der Waals surface area (Å²) in [6, 6.07) is 8.26. The molecule has 0 aromatic heterocycles. The lowest BCUT2D eigenvalue weighted by atomic mass is 10.1. The first kappa shape index (κ1) is 16.5. The van der Waals surface area contributed by atoms with Gasteiger partial charge < -0.3 is 15.4 Å². The fraction of sp³-hybridized carbons (Fsp3) is 0.562. The molecule has 4 nitrogen and oxygen atoms in total. The van der Waals surface area contributed by atoms with Gasteiger partial charge in [0.1, 0.15) is 0 Å². The van der Waals surface area contributed by atoms with Crippen molar-refractivity contribution in [3.05, 3.63) is 35.4 Å². The molecule has 1 aromatic carbocycles. The molecule has 0 saturated carbocycles. The molecule has 1 aromatic rings. The zero-order valence-corrected chi connectivity index (χ0v) is 13.1. The topological polar surface area (TPSA) is 45.7 Å². The van der Waals surface area contributed by atoms with E-state index in [1.54, 1.807) is 7.11 Å². The highest BCUT2D eigenvalue weighted by molar-refractivity contribution is 5.79. The van der Waals surface area contributed by atoms with Crippen molar-refractivity contribution < 1.29 is 4.74 Å². The Morgan fingerprint density at radius 2 is 1.90 bits per heavy atom. The van der Waals surface area contributed by atoms with Gasteiger partial charge in [-0.2, -0.15) is 0 Å². The molecular formula is C16H27N3O. The van der Waals surface area contributed by atoms with E-state index in [9.17, 15) is 0 Å². The molecule has 1 rings (SSSR count). The molecule has 0 aliphatic rings. The molecule has 112 valence electrons. The molecule has 0 heterocycles. The number of nitrogens with one attached hydrogen (secondary N) is 2. The molecule has 0 saturated heterocycles. The number of hydrogen-bond acceptors (Lipinski definition) is 2. The van der Waals surface area contributed by atoms with Crippen LogP contribution in [0.5, 0.6) is 0 Å². The number of nitrogens with zero attached hydrogens (tertiary/aromatic N) is 1. The lowest BCUT2D eigenvalue weighted by molar-refractivity contribution is 0.184. The molecule has 20 heavy (non-hydrogen) atoms. The summed E-state index contributed by atoms with van der Waals surface area (Å²) in [5.74, 6) is 1.47. The standard InChI is InChI=1S/C16H27N3O/c1-5-17-16(18-10-13(2)3)19-11-14-8-6-7-9-15(14)12-20-4/h6-9,13H,5,10-12H2,1-4H3,(H2,17,18,19). The van der Waals surface area contributed by atoms with Crippen LogP contribution in [0.4, 0.5) is 0 Å². The SMILES string of the molecule is CCNC(=NCc1ccccc1COC)NCC(C)C. The summed E-state index contributed by atoms with van der Waals surface area (Å²) in [7, 11) is 1.72. The lowest BCUT2D eigenvalue weighted by Gasteiger charge is -2.13. The molecule has 0 aliphatic carbocycles. The maximum absolute atomic E-state index is 5.22. The van der Waals surface area contributed by atoms with E-state index in [1.165, 1.54) is 11.1 Å². The van der Waals surface area contributed by atoms with Crippen molar-refractivity contribution in [2.75, 3.05) is 20.2 Å². The van der Waals surface area contributed by atoms with Crippen LogP contribution in [0.2, 0.25) is 0 Å². The maximum Gasteiger partial charge on any atom is 0.191 e. The number of aliphatic imine (C=N–C) groups is 1. The van der Waals surface area contributed by atoms with Crippen LogP contribution in [0.1, 0.15) is 31.9 Å². The highest BCUT2D eigenvalue weighted by Crippen LogP contribution is 2.11. The van der Waals surface area contributed by atoms with Gasteiger partial charge in [0.25, 0.3) is 0 Å².